The zero-order valence-electron chi connectivity index (χ0n) is 13.4. The average molecular weight is 404 g/mol. The highest BCUT2D eigenvalue weighted by molar-refractivity contribution is 9.10. The minimum Gasteiger partial charge on any atom is -0.494 e. The second-order valence-electron chi connectivity index (χ2n) is 5.30. The summed E-state index contributed by atoms with van der Waals surface area (Å²) < 4.78 is 21.3. The summed E-state index contributed by atoms with van der Waals surface area (Å²) in [6.07, 6.45) is 1.60. The minimum atomic E-state index is -0.585. The Morgan fingerprint density at radius 2 is 2.00 bits per heavy atom. The molecule has 0 aliphatic heterocycles. The van der Waals surface area contributed by atoms with Crippen LogP contribution in [-0.2, 0) is 6.54 Å². The van der Waals surface area contributed by atoms with Gasteiger partial charge in [-0.15, -0.1) is 0 Å². The first kappa shape index (κ1) is 17.2. The van der Waals surface area contributed by atoms with Gasteiger partial charge in [0, 0.05) is 16.1 Å². The van der Waals surface area contributed by atoms with Gasteiger partial charge >= 0.3 is 0 Å². The van der Waals surface area contributed by atoms with Gasteiger partial charge in [-0.1, -0.05) is 28.1 Å². The van der Waals surface area contributed by atoms with Gasteiger partial charge < -0.3 is 10.1 Å². The van der Waals surface area contributed by atoms with Crippen molar-refractivity contribution in [1.82, 2.24) is 9.78 Å². The predicted octanol–water partition coefficient (Wildman–Crippen LogP) is 4.09. The molecule has 0 aliphatic carbocycles. The number of amides is 1. The van der Waals surface area contributed by atoms with E-state index in [1.54, 1.807) is 16.9 Å². The maximum absolute atomic E-state index is 13.8. The van der Waals surface area contributed by atoms with Gasteiger partial charge in [0.2, 0.25) is 0 Å². The minimum absolute atomic E-state index is 0.0943. The number of nitrogens with zero attached hydrogens (tertiary/aromatic N) is 2. The molecular weight excluding hydrogens is 389 g/mol. The van der Waals surface area contributed by atoms with Gasteiger partial charge in [-0.25, -0.2) is 9.07 Å². The Kier molecular flexibility index (Phi) is 5.14. The van der Waals surface area contributed by atoms with E-state index in [1.165, 1.54) is 19.2 Å². The van der Waals surface area contributed by atoms with Crippen LogP contribution in [0.4, 0.5) is 10.2 Å². The van der Waals surface area contributed by atoms with Crippen LogP contribution in [0, 0.1) is 5.82 Å². The molecule has 128 valence electrons. The number of hydrogen-bond donors (Lipinski definition) is 1. The number of carbonyl (C=O) groups excluding carboxylic acids is 1. The fourth-order valence-electron chi connectivity index (χ4n) is 2.32. The number of halogens is 2. The molecule has 3 rings (SSSR count). The number of nitrogens with one attached hydrogen (secondary N) is 1. The third-order valence-electron chi connectivity index (χ3n) is 3.62. The van der Waals surface area contributed by atoms with E-state index in [9.17, 15) is 9.18 Å². The molecule has 0 spiro atoms. The van der Waals surface area contributed by atoms with Crippen LogP contribution in [0.2, 0.25) is 0 Å². The van der Waals surface area contributed by atoms with Crippen LogP contribution in [0.15, 0.2) is 59.2 Å². The van der Waals surface area contributed by atoms with Crippen molar-refractivity contribution >= 4 is 27.7 Å². The molecule has 0 aliphatic rings. The molecule has 0 bridgehead atoms. The maximum atomic E-state index is 13.8. The van der Waals surface area contributed by atoms with E-state index >= 15 is 0 Å². The van der Waals surface area contributed by atoms with E-state index in [0.717, 1.165) is 16.1 Å². The Hall–Kier alpha value is -2.67. The third-order valence-corrected chi connectivity index (χ3v) is 4.15. The number of methoxy groups -OCH3 is 1. The van der Waals surface area contributed by atoms with E-state index in [0.29, 0.717) is 12.4 Å². The van der Waals surface area contributed by atoms with E-state index in [-0.39, 0.29) is 11.3 Å². The first-order valence-electron chi connectivity index (χ1n) is 7.48. The number of hydrogen-bond acceptors (Lipinski definition) is 3. The lowest BCUT2D eigenvalue weighted by Crippen LogP contribution is -2.16. The van der Waals surface area contributed by atoms with Crippen LogP contribution < -0.4 is 10.1 Å². The lowest BCUT2D eigenvalue weighted by molar-refractivity contribution is 0.102. The Bertz CT molecular complexity index is 894. The van der Waals surface area contributed by atoms with Crippen molar-refractivity contribution in [2.75, 3.05) is 12.4 Å². The SMILES string of the molecule is COc1ccc(C(=O)Nc2ccnn2Cc2ccc(Br)cc2)cc1F. The quantitative estimate of drug-likeness (QED) is 0.697. The molecule has 0 saturated carbocycles. The molecule has 3 aromatic rings. The lowest BCUT2D eigenvalue weighted by Gasteiger charge is -2.10. The molecule has 0 fully saturated rings. The molecule has 0 atom stereocenters. The number of aromatic nitrogens is 2. The van der Waals surface area contributed by atoms with Gasteiger partial charge in [-0.3, -0.25) is 4.79 Å². The number of ether oxygens (including phenoxy) is 1. The molecular formula is C18H15BrFN3O2. The van der Waals surface area contributed by atoms with Gasteiger partial charge in [0.15, 0.2) is 11.6 Å². The summed E-state index contributed by atoms with van der Waals surface area (Å²) in [6, 6.07) is 13.6. The Labute approximate surface area is 152 Å². The molecule has 0 saturated heterocycles. The van der Waals surface area contributed by atoms with E-state index < -0.39 is 11.7 Å². The number of anilines is 1. The van der Waals surface area contributed by atoms with Crippen LogP contribution in [-0.4, -0.2) is 22.8 Å². The van der Waals surface area contributed by atoms with Gasteiger partial charge in [0.25, 0.3) is 5.91 Å². The summed E-state index contributed by atoms with van der Waals surface area (Å²) in [4.78, 5) is 12.3. The zero-order chi connectivity index (χ0) is 17.8. The molecule has 0 unspecified atom stereocenters. The fourth-order valence-corrected chi connectivity index (χ4v) is 2.59. The second kappa shape index (κ2) is 7.48. The number of carbonyl (C=O) groups is 1. The molecule has 2 aromatic carbocycles. The Morgan fingerprint density at radius 3 is 2.68 bits per heavy atom. The molecule has 0 radical (unpaired) electrons. The fraction of sp³-hybridized carbons (Fsp3) is 0.111. The Morgan fingerprint density at radius 1 is 1.24 bits per heavy atom. The van der Waals surface area contributed by atoms with Gasteiger partial charge in [-0.05, 0) is 35.9 Å². The van der Waals surface area contributed by atoms with Crippen molar-refractivity contribution in [3.63, 3.8) is 0 Å². The smallest absolute Gasteiger partial charge is 0.256 e. The lowest BCUT2D eigenvalue weighted by atomic mass is 10.2. The topological polar surface area (TPSA) is 56.1 Å². The van der Waals surface area contributed by atoms with Crippen molar-refractivity contribution in [3.8, 4) is 5.75 Å². The highest BCUT2D eigenvalue weighted by atomic mass is 79.9. The monoisotopic (exact) mass is 403 g/mol. The molecule has 7 heteroatoms. The normalized spacial score (nSPS) is 10.5. The summed E-state index contributed by atoms with van der Waals surface area (Å²) in [5.74, 6) is -0.376. The molecule has 1 aromatic heterocycles. The zero-order valence-corrected chi connectivity index (χ0v) is 15.0. The molecule has 25 heavy (non-hydrogen) atoms. The van der Waals surface area contributed by atoms with Crippen molar-refractivity contribution in [3.05, 3.63) is 76.1 Å². The second-order valence-corrected chi connectivity index (χ2v) is 6.22. The Balaban J connectivity index is 1.75. The van der Waals surface area contributed by atoms with Crippen LogP contribution in [0.5, 0.6) is 5.75 Å². The van der Waals surface area contributed by atoms with Crippen LogP contribution >= 0.6 is 15.9 Å². The summed E-state index contributed by atoms with van der Waals surface area (Å²) >= 11 is 3.39. The summed E-state index contributed by atoms with van der Waals surface area (Å²) in [5.41, 5.74) is 1.24. The number of rotatable bonds is 5. The third kappa shape index (κ3) is 4.06. The van der Waals surface area contributed by atoms with Gasteiger partial charge in [-0.2, -0.15) is 5.10 Å². The summed E-state index contributed by atoms with van der Waals surface area (Å²) in [7, 11) is 1.37. The molecule has 5 nitrogen and oxygen atoms in total. The van der Waals surface area contributed by atoms with Crippen LogP contribution in [0.3, 0.4) is 0 Å². The largest absolute Gasteiger partial charge is 0.494 e. The summed E-state index contributed by atoms with van der Waals surface area (Å²) in [6.45, 7) is 0.507. The highest BCUT2D eigenvalue weighted by Gasteiger charge is 2.12. The van der Waals surface area contributed by atoms with E-state index in [2.05, 4.69) is 26.3 Å². The van der Waals surface area contributed by atoms with Crippen molar-refractivity contribution in [2.24, 2.45) is 0 Å². The first-order valence-corrected chi connectivity index (χ1v) is 8.27. The van der Waals surface area contributed by atoms with Crippen molar-refractivity contribution in [2.45, 2.75) is 6.54 Å². The predicted molar refractivity (Wildman–Crippen MR) is 96.4 cm³/mol. The highest BCUT2D eigenvalue weighted by Crippen LogP contribution is 2.19. The van der Waals surface area contributed by atoms with Crippen molar-refractivity contribution in [1.29, 1.82) is 0 Å². The van der Waals surface area contributed by atoms with Crippen LogP contribution in [0.25, 0.3) is 0 Å². The molecule has 1 heterocycles. The standard InChI is InChI=1S/C18H15BrFN3O2/c1-25-16-7-4-13(10-15(16)20)18(24)22-17-8-9-21-23(17)11-12-2-5-14(19)6-3-12/h2-10H,11H2,1H3,(H,22,24). The maximum Gasteiger partial charge on any atom is 0.256 e. The van der Waals surface area contributed by atoms with E-state index in [1.807, 2.05) is 24.3 Å². The first-order chi connectivity index (χ1) is 12.1. The number of benzene rings is 2. The average Bonchev–Trinajstić information content (AvgIpc) is 3.03. The van der Waals surface area contributed by atoms with Crippen LogP contribution in [0.1, 0.15) is 15.9 Å². The van der Waals surface area contributed by atoms with Gasteiger partial charge in [0.05, 0.1) is 19.9 Å². The van der Waals surface area contributed by atoms with Gasteiger partial charge in [0.1, 0.15) is 5.82 Å². The van der Waals surface area contributed by atoms with E-state index in [4.69, 9.17) is 4.74 Å². The molecule has 1 amide bonds. The summed E-state index contributed by atoms with van der Waals surface area (Å²) in [5, 5.41) is 6.97. The van der Waals surface area contributed by atoms with Crippen molar-refractivity contribution < 1.29 is 13.9 Å². The molecule has 1 N–H and O–H groups in total.